The highest BCUT2D eigenvalue weighted by Crippen LogP contribution is 2.26. The van der Waals surface area contributed by atoms with Gasteiger partial charge >= 0.3 is 0 Å². The lowest BCUT2D eigenvalue weighted by molar-refractivity contribution is -0.134. The Hall–Kier alpha value is -1.13. The van der Waals surface area contributed by atoms with Gasteiger partial charge in [0.1, 0.15) is 0 Å². The van der Waals surface area contributed by atoms with Gasteiger partial charge in [0.2, 0.25) is 5.91 Å². The Bertz CT molecular complexity index is 433. The van der Waals surface area contributed by atoms with Crippen molar-refractivity contribution in [2.45, 2.75) is 6.04 Å². The van der Waals surface area contributed by atoms with Gasteiger partial charge in [0.25, 0.3) is 0 Å². The molecule has 1 aromatic rings. The van der Waals surface area contributed by atoms with Crippen LogP contribution in [0.15, 0.2) is 41.4 Å². The highest BCUT2D eigenvalue weighted by atomic mass is 79.9. The van der Waals surface area contributed by atoms with Crippen molar-refractivity contribution in [3.8, 4) is 0 Å². The molecule has 0 bridgehead atoms. The van der Waals surface area contributed by atoms with Crippen molar-refractivity contribution in [2.24, 2.45) is 0 Å². The zero-order valence-corrected chi connectivity index (χ0v) is 11.0. The molecule has 0 spiro atoms. The van der Waals surface area contributed by atoms with Crippen molar-refractivity contribution < 1.29 is 9.53 Å². The van der Waals surface area contributed by atoms with Crippen LogP contribution in [0.5, 0.6) is 0 Å². The molecule has 3 nitrogen and oxygen atoms in total. The second-order valence-electron chi connectivity index (χ2n) is 3.88. The first-order chi connectivity index (χ1) is 8.22. The van der Waals surface area contributed by atoms with Crippen LogP contribution in [0.4, 0.5) is 0 Å². The van der Waals surface area contributed by atoms with Gasteiger partial charge in [-0.2, -0.15) is 0 Å². The first-order valence-electron chi connectivity index (χ1n) is 5.48. The van der Waals surface area contributed by atoms with Gasteiger partial charge < -0.3 is 9.64 Å². The Kier molecular flexibility index (Phi) is 3.97. The maximum absolute atomic E-state index is 11.8. The van der Waals surface area contributed by atoms with Crippen LogP contribution in [0.1, 0.15) is 11.6 Å². The van der Waals surface area contributed by atoms with E-state index < -0.39 is 0 Å². The molecule has 90 valence electrons. The number of amides is 1. The van der Waals surface area contributed by atoms with Crippen LogP contribution in [0.2, 0.25) is 0 Å². The molecule has 1 amide bonds. The molecule has 1 unspecified atom stereocenters. The number of carbonyl (C=O) groups excluding carboxylic acids is 1. The Morgan fingerprint density at radius 3 is 3.12 bits per heavy atom. The fourth-order valence-corrected chi connectivity index (χ4v) is 2.39. The Morgan fingerprint density at radius 1 is 1.59 bits per heavy atom. The molecule has 1 aromatic carbocycles. The minimum Gasteiger partial charge on any atom is -0.377 e. The molecular formula is C13H14BrNO2. The SMILES string of the molecule is C=CC(=O)N1CCOCC1c1cccc(Br)c1. The summed E-state index contributed by atoms with van der Waals surface area (Å²) in [6.45, 7) is 5.28. The maximum atomic E-state index is 11.8. The largest absolute Gasteiger partial charge is 0.377 e. The van der Waals surface area contributed by atoms with E-state index in [1.54, 1.807) is 4.90 Å². The minimum absolute atomic E-state index is 0.0215. The summed E-state index contributed by atoms with van der Waals surface area (Å²) in [5, 5.41) is 0. The summed E-state index contributed by atoms with van der Waals surface area (Å²) in [5.41, 5.74) is 1.08. The third-order valence-corrected chi connectivity index (χ3v) is 3.31. The smallest absolute Gasteiger partial charge is 0.246 e. The van der Waals surface area contributed by atoms with Gasteiger partial charge in [-0.1, -0.05) is 34.6 Å². The predicted molar refractivity (Wildman–Crippen MR) is 69.6 cm³/mol. The molecule has 1 aliphatic heterocycles. The van der Waals surface area contributed by atoms with Gasteiger partial charge in [-0.15, -0.1) is 0 Å². The van der Waals surface area contributed by atoms with Gasteiger partial charge in [0.15, 0.2) is 0 Å². The van der Waals surface area contributed by atoms with Gasteiger partial charge in [-0.3, -0.25) is 4.79 Å². The lowest BCUT2D eigenvalue weighted by atomic mass is 10.0. The Labute approximate surface area is 109 Å². The van der Waals surface area contributed by atoms with Crippen LogP contribution in [-0.4, -0.2) is 30.6 Å². The quantitative estimate of drug-likeness (QED) is 0.785. The fraction of sp³-hybridized carbons (Fsp3) is 0.308. The van der Waals surface area contributed by atoms with E-state index in [-0.39, 0.29) is 11.9 Å². The number of nitrogens with zero attached hydrogens (tertiary/aromatic N) is 1. The number of carbonyl (C=O) groups is 1. The number of halogens is 1. The summed E-state index contributed by atoms with van der Waals surface area (Å²) >= 11 is 3.44. The highest BCUT2D eigenvalue weighted by Gasteiger charge is 2.27. The van der Waals surface area contributed by atoms with Crippen molar-refractivity contribution in [2.75, 3.05) is 19.8 Å². The Balaban J connectivity index is 2.27. The molecular weight excluding hydrogens is 282 g/mol. The summed E-state index contributed by atoms with van der Waals surface area (Å²) in [7, 11) is 0. The highest BCUT2D eigenvalue weighted by molar-refractivity contribution is 9.10. The first-order valence-corrected chi connectivity index (χ1v) is 6.28. The van der Waals surface area contributed by atoms with Gasteiger partial charge in [-0.25, -0.2) is 0 Å². The van der Waals surface area contributed by atoms with Crippen LogP contribution >= 0.6 is 15.9 Å². The molecule has 1 saturated heterocycles. The third kappa shape index (κ3) is 2.76. The minimum atomic E-state index is -0.0433. The maximum Gasteiger partial charge on any atom is 0.246 e. The summed E-state index contributed by atoms with van der Waals surface area (Å²) in [4.78, 5) is 13.6. The number of hydrogen-bond donors (Lipinski definition) is 0. The Morgan fingerprint density at radius 2 is 2.41 bits per heavy atom. The van der Waals surface area contributed by atoms with Crippen molar-refractivity contribution in [1.29, 1.82) is 0 Å². The number of ether oxygens (including phenoxy) is 1. The lowest BCUT2D eigenvalue weighted by Gasteiger charge is -2.35. The van der Waals surface area contributed by atoms with Gasteiger partial charge in [-0.05, 0) is 23.8 Å². The van der Waals surface area contributed by atoms with Crippen molar-refractivity contribution >= 4 is 21.8 Å². The summed E-state index contributed by atoms with van der Waals surface area (Å²) < 4.78 is 6.46. The number of hydrogen-bond acceptors (Lipinski definition) is 2. The van der Waals surface area contributed by atoms with E-state index >= 15 is 0 Å². The average molecular weight is 296 g/mol. The van der Waals surface area contributed by atoms with Crippen molar-refractivity contribution in [3.05, 3.63) is 47.0 Å². The molecule has 1 atom stereocenters. The molecule has 2 rings (SSSR count). The zero-order chi connectivity index (χ0) is 12.3. The molecule has 0 N–H and O–H groups in total. The number of morpholine rings is 1. The summed E-state index contributed by atoms with van der Waals surface area (Å²) in [5.74, 6) is -0.0433. The molecule has 1 fully saturated rings. The summed E-state index contributed by atoms with van der Waals surface area (Å²) in [6.07, 6.45) is 1.36. The normalized spacial score (nSPS) is 20.1. The second-order valence-corrected chi connectivity index (χ2v) is 4.80. The van der Waals surface area contributed by atoms with E-state index in [1.165, 1.54) is 6.08 Å². The van der Waals surface area contributed by atoms with Crippen molar-refractivity contribution in [1.82, 2.24) is 4.90 Å². The van der Waals surface area contributed by atoms with Crippen LogP contribution < -0.4 is 0 Å². The predicted octanol–water partition coefficient (Wildman–Crippen LogP) is 2.54. The lowest BCUT2D eigenvalue weighted by Crippen LogP contribution is -2.42. The van der Waals surface area contributed by atoms with Gasteiger partial charge in [0.05, 0.1) is 19.3 Å². The molecule has 0 radical (unpaired) electrons. The van der Waals surface area contributed by atoms with E-state index in [2.05, 4.69) is 22.5 Å². The van der Waals surface area contributed by atoms with Crippen molar-refractivity contribution in [3.63, 3.8) is 0 Å². The molecule has 1 aliphatic rings. The molecule has 0 saturated carbocycles. The average Bonchev–Trinajstić information content (AvgIpc) is 2.38. The standard InChI is InChI=1S/C13H14BrNO2/c1-2-13(16)15-6-7-17-9-12(15)10-4-3-5-11(14)8-10/h2-5,8,12H,1,6-7,9H2. The number of benzene rings is 1. The van der Waals surface area contributed by atoms with Crippen LogP contribution in [-0.2, 0) is 9.53 Å². The van der Waals surface area contributed by atoms with E-state index in [1.807, 2.05) is 24.3 Å². The van der Waals surface area contributed by atoms with E-state index in [4.69, 9.17) is 4.74 Å². The van der Waals surface area contributed by atoms with Crippen LogP contribution in [0.25, 0.3) is 0 Å². The second kappa shape index (κ2) is 5.47. The monoisotopic (exact) mass is 295 g/mol. The number of rotatable bonds is 2. The van der Waals surface area contributed by atoms with Crippen LogP contribution in [0, 0.1) is 0 Å². The van der Waals surface area contributed by atoms with Gasteiger partial charge in [0, 0.05) is 11.0 Å². The molecule has 17 heavy (non-hydrogen) atoms. The van der Waals surface area contributed by atoms with E-state index in [9.17, 15) is 4.79 Å². The van der Waals surface area contributed by atoms with E-state index in [0.29, 0.717) is 19.8 Å². The first kappa shape index (κ1) is 12.3. The zero-order valence-electron chi connectivity index (χ0n) is 9.43. The fourth-order valence-electron chi connectivity index (χ4n) is 1.97. The molecule has 1 heterocycles. The van der Waals surface area contributed by atoms with Crippen LogP contribution in [0.3, 0.4) is 0 Å². The van der Waals surface area contributed by atoms with E-state index in [0.717, 1.165) is 10.0 Å². The topological polar surface area (TPSA) is 29.5 Å². The third-order valence-electron chi connectivity index (χ3n) is 2.82. The molecule has 0 aliphatic carbocycles. The molecule has 4 heteroatoms. The summed E-state index contributed by atoms with van der Waals surface area (Å²) in [6, 6.07) is 7.93. The molecule has 0 aromatic heterocycles.